The van der Waals surface area contributed by atoms with Gasteiger partial charge in [0, 0.05) is 41.3 Å². The lowest BCUT2D eigenvalue weighted by Gasteiger charge is -2.17. The zero-order chi connectivity index (χ0) is 22.8. The average Bonchev–Trinajstić information content (AvgIpc) is 2.78. The maximum absolute atomic E-state index is 12.5. The van der Waals surface area contributed by atoms with Gasteiger partial charge in [-0.25, -0.2) is 9.78 Å². The third-order valence-corrected chi connectivity index (χ3v) is 5.17. The van der Waals surface area contributed by atoms with Crippen LogP contribution in [-0.2, 0) is 0 Å². The second-order valence-electron chi connectivity index (χ2n) is 7.24. The molecule has 4 N–H and O–H groups in total. The minimum atomic E-state index is -1.17. The third-order valence-electron chi connectivity index (χ3n) is 5.17. The van der Waals surface area contributed by atoms with E-state index in [1.807, 2.05) is 37.3 Å². The van der Waals surface area contributed by atoms with Crippen molar-refractivity contribution in [2.24, 2.45) is 0 Å². The Labute approximate surface area is 184 Å². The lowest BCUT2D eigenvalue weighted by Crippen LogP contribution is -2.18. The first kappa shape index (κ1) is 20.9. The molecule has 0 fully saturated rings. The molecule has 0 unspecified atom stereocenters. The number of methoxy groups -OCH3 is 1. The van der Waals surface area contributed by atoms with E-state index in [0.29, 0.717) is 28.2 Å². The van der Waals surface area contributed by atoms with Crippen LogP contribution in [0.15, 0.2) is 54.6 Å². The molecule has 162 valence electrons. The van der Waals surface area contributed by atoms with E-state index < -0.39 is 6.09 Å². The first-order valence-electron chi connectivity index (χ1n) is 9.91. The molecule has 1 heterocycles. The van der Waals surface area contributed by atoms with Gasteiger partial charge in [0.25, 0.3) is 5.91 Å². The molecule has 0 aliphatic heterocycles. The van der Waals surface area contributed by atoms with E-state index in [1.54, 1.807) is 31.3 Å². The molecule has 4 rings (SSSR count). The normalized spacial score (nSPS) is 10.7. The standard InChI is InChI=1S/C24H22N4O4/c1-13-6-4-7-17-20(13)28-22-18(8-5-9-19(22)23(29)25-2)21(17)26-14-10-15(27-24(30)31)12-16(11-14)32-3/h4-12,27H,1-3H3,(H,25,29)(H,26,28)(H,30,31). The third kappa shape index (κ3) is 3.85. The highest BCUT2D eigenvalue weighted by atomic mass is 16.5. The number of aryl methyl sites for hydroxylation is 1. The van der Waals surface area contributed by atoms with Crippen molar-refractivity contribution in [3.8, 4) is 5.75 Å². The number of pyridine rings is 1. The lowest BCUT2D eigenvalue weighted by molar-refractivity contribution is 0.0964. The number of carboxylic acid groups (broad SMARTS) is 1. The van der Waals surface area contributed by atoms with E-state index in [9.17, 15) is 9.59 Å². The van der Waals surface area contributed by atoms with Crippen LogP contribution in [0, 0.1) is 6.92 Å². The molecule has 0 spiro atoms. The van der Waals surface area contributed by atoms with Crippen LogP contribution in [0.1, 0.15) is 15.9 Å². The van der Waals surface area contributed by atoms with Crippen LogP contribution in [0.2, 0.25) is 0 Å². The molecule has 0 saturated carbocycles. The Hall–Kier alpha value is -4.33. The number of benzene rings is 3. The van der Waals surface area contributed by atoms with Crippen molar-refractivity contribution in [3.05, 3.63) is 65.7 Å². The van der Waals surface area contributed by atoms with Crippen LogP contribution in [0.25, 0.3) is 21.8 Å². The Morgan fingerprint density at radius 1 is 0.969 bits per heavy atom. The van der Waals surface area contributed by atoms with E-state index in [-0.39, 0.29) is 5.91 Å². The Kier molecular flexibility index (Phi) is 5.51. The summed E-state index contributed by atoms with van der Waals surface area (Å²) in [7, 11) is 3.10. The van der Waals surface area contributed by atoms with Gasteiger partial charge in [-0.3, -0.25) is 10.1 Å². The summed E-state index contributed by atoms with van der Waals surface area (Å²) in [5.74, 6) is 0.264. The molecule has 32 heavy (non-hydrogen) atoms. The number of nitrogens with zero attached hydrogens (tertiary/aromatic N) is 1. The minimum absolute atomic E-state index is 0.226. The van der Waals surface area contributed by atoms with Crippen LogP contribution in [0.5, 0.6) is 5.75 Å². The number of ether oxygens (including phenoxy) is 1. The summed E-state index contributed by atoms with van der Waals surface area (Å²) in [4.78, 5) is 28.5. The van der Waals surface area contributed by atoms with E-state index in [0.717, 1.165) is 27.5 Å². The zero-order valence-corrected chi connectivity index (χ0v) is 17.8. The second-order valence-corrected chi connectivity index (χ2v) is 7.24. The molecule has 0 aliphatic rings. The maximum atomic E-state index is 12.5. The van der Waals surface area contributed by atoms with Crippen LogP contribution < -0.4 is 20.7 Å². The van der Waals surface area contributed by atoms with Crippen molar-refractivity contribution in [2.45, 2.75) is 6.92 Å². The number of rotatable bonds is 5. The van der Waals surface area contributed by atoms with Gasteiger partial charge in [0.05, 0.1) is 29.4 Å². The molecule has 3 aromatic carbocycles. The average molecular weight is 430 g/mol. The molecule has 0 atom stereocenters. The lowest BCUT2D eigenvalue weighted by atomic mass is 10.0. The van der Waals surface area contributed by atoms with Crippen molar-refractivity contribution in [2.75, 3.05) is 24.8 Å². The quantitative estimate of drug-likeness (QED) is 0.335. The van der Waals surface area contributed by atoms with Crippen molar-refractivity contribution >= 4 is 50.9 Å². The van der Waals surface area contributed by atoms with E-state index in [2.05, 4.69) is 16.0 Å². The molecule has 1 aromatic heterocycles. The van der Waals surface area contributed by atoms with Gasteiger partial charge in [0.15, 0.2) is 0 Å². The molecule has 0 aliphatic carbocycles. The molecule has 2 amide bonds. The summed E-state index contributed by atoms with van der Waals surface area (Å²) in [6.07, 6.45) is -1.17. The van der Waals surface area contributed by atoms with E-state index >= 15 is 0 Å². The number of carbonyl (C=O) groups excluding carboxylic acids is 1. The largest absolute Gasteiger partial charge is 0.497 e. The number of carbonyl (C=O) groups is 2. The Morgan fingerprint density at radius 3 is 2.34 bits per heavy atom. The number of amides is 2. The summed E-state index contributed by atoms with van der Waals surface area (Å²) in [6, 6.07) is 16.4. The molecular weight excluding hydrogens is 408 g/mol. The predicted molar refractivity (Wildman–Crippen MR) is 125 cm³/mol. The minimum Gasteiger partial charge on any atom is -0.497 e. The fraction of sp³-hybridized carbons (Fsp3) is 0.125. The molecule has 8 heteroatoms. The van der Waals surface area contributed by atoms with Gasteiger partial charge < -0.3 is 20.5 Å². The summed E-state index contributed by atoms with van der Waals surface area (Å²) in [5, 5.41) is 19.2. The fourth-order valence-electron chi connectivity index (χ4n) is 3.71. The molecule has 0 radical (unpaired) electrons. The van der Waals surface area contributed by atoms with Crippen LogP contribution in [0.3, 0.4) is 0 Å². The van der Waals surface area contributed by atoms with Crippen LogP contribution in [0.4, 0.5) is 21.9 Å². The summed E-state index contributed by atoms with van der Waals surface area (Å²) >= 11 is 0. The smallest absolute Gasteiger partial charge is 0.409 e. The molecule has 4 aromatic rings. The van der Waals surface area contributed by atoms with Crippen molar-refractivity contribution in [1.82, 2.24) is 10.3 Å². The first-order valence-corrected chi connectivity index (χ1v) is 9.91. The van der Waals surface area contributed by atoms with Gasteiger partial charge in [0.2, 0.25) is 0 Å². The van der Waals surface area contributed by atoms with Gasteiger partial charge in [0.1, 0.15) is 5.75 Å². The van der Waals surface area contributed by atoms with Crippen molar-refractivity contribution < 1.29 is 19.4 Å². The zero-order valence-electron chi connectivity index (χ0n) is 17.8. The SMILES string of the molecule is CNC(=O)c1cccc2c(Nc3cc(NC(=O)O)cc(OC)c3)c3cccc(C)c3nc12. The first-order chi connectivity index (χ1) is 15.4. The highest BCUT2D eigenvalue weighted by Crippen LogP contribution is 2.37. The maximum Gasteiger partial charge on any atom is 0.409 e. The van der Waals surface area contributed by atoms with Crippen molar-refractivity contribution in [1.29, 1.82) is 0 Å². The number of aromatic nitrogens is 1. The van der Waals surface area contributed by atoms with Gasteiger partial charge in [-0.1, -0.05) is 30.3 Å². The highest BCUT2D eigenvalue weighted by Gasteiger charge is 2.17. The number of nitrogens with one attached hydrogen (secondary N) is 3. The summed E-state index contributed by atoms with van der Waals surface area (Å²) in [6.45, 7) is 1.97. The van der Waals surface area contributed by atoms with Gasteiger partial charge in [-0.15, -0.1) is 0 Å². The number of anilines is 3. The van der Waals surface area contributed by atoms with E-state index in [4.69, 9.17) is 14.8 Å². The van der Waals surface area contributed by atoms with Gasteiger partial charge >= 0.3 is 6.09 Å². The highest BCUT2D eigenvalue weighted by molar-refractivity contribution is 6.15. The van der Waals surface area contributed by atoms with E-state index in [1.165, 1.54) is 7.11 Å². The Balaban J connectivity index is 1.98. The molecule has 0 saturated heterocycles. The number of hydrogen-bond acceptors (Lipinski definition) is 5. The Bertz CT molecular complexity index is 1370. The monoisotopic (exact) mass is 430 g/mol. The van der Waals surface area contributed by atoms with Gasteiger partial charge in [-0.05, 0) is 24.6 Å². The fourth-order valence-corrected chi connectivity index (χ4v) is 3.71. The molecule has 0 bridgehead atoms. The number of para-hydroxylation sites is 2. The Morgan fingerprint density at radius 2 is 1.66 bits per heavy atom. The van der Waals surface area contributed by atoms with Crippen LogP contribution in [-0.4, -0.2) is 36.2 Å². The van der Waals surface area contributed by atoms with Gasteiger partial charge in [-0.2, -0.15) is 0 Å². The predicted octanol–water partition coefficient (Wildman–Crippen LogP) is 4.90. The second kappa shape index (κ2) is 8.43. The number of hydrogen-bond donors (Lipinski definition) is 4. The molecular formula is C24H22N4O4. The van der Waals surface area contributed by atoms with Crippen LogP contribution >= 0.6 is 0 Å². The summed E-state index contributed by atoms with van der Waals surface area (Å²) < 4.78 is 5.34. The number of fused-ring (bicyclic) bond motifs is 2. The van der Waals surface area contributed by atoms with Crippen molar-refractivity contribution in [3.63, 3.8) is 0 Å². The molecule has 8 nitrogen and oxygen atoms in total. The topological polar surface area (TPSA) is 113 Å². The summed E-state index contributed by atoms with van der Waals surface area (Å²) in [5.41, 5.74) is 4.52.